The molecule has 0 spiro atoms. The first-order valence-corrected chi connectivity index (χ1v) is 16.3. The summed E-state index contributed by atoms with van der Waals surface area (Å²) < 4.78 is 13.4. The predicted molar refractivity (Wildman–Crippen MR) is 192 cm³/mol. The molecular formula is C41H34N6O2. The molecule has 0 saturated heterocycles. The van der Waals surface area contributed by atoms with E-state index in [2.05, 4.69) is 62.4 Å². The summed E-state index contributed by atoms with van der Waals surface area (Å²) in [6.45, 7) is 4.96. The van der Waals surface area contributed by atoms with Gasteiger partial charge in [0.05, 0.1) is 0 Å². The molecule has 8 aromatic rings. The summed E-state index contributed by atoms with van der Waals surface area (Å²) in [5.74, 6) is 1.43. The molecule has 2 heterocycles. The maximum Gasteiger partial charge on any atom is 0.150 e. The van der Waals surface area contributed by atoms with Gasteiger partial charge in [0.25, 0.3) is 0 Å². The molecule has 6 aromatic carbocycles. The number of nitrogens with zero attached hydrogens (tertiary/aromatic N) is 6. The fourth-order valence-corrected chi connectivity index (χ4v) is 6.15. The van der Waals surface area contributed by atoms with Gasteiger partial charge in [-0.2, -0.15) is 0 Å². The van der Waals surface area contributed by atoms with Gasteiger partial charge in [0, 0.05) is 17.5 Å². The molecule has 0 fully saturated rings. The third-order valence-electron chi connectivity index (χ3n) is 8.42. The lowest BCUT2D eigenvalue weighted by Crippen LogP contribution is -2.10. The molecular weight excluding hydrogens is 608 g/mol. The summed E-state index contributed by atoms with van der Waals surface area (Å²) in [6, 6.07) is 44.7. The van der Waals surface area contributed by atoms with Crippen molar-refractivity contribution in [2.75, 3.05) is 0 Å². The van der Waals surface area contributed by atoms with Crippen molar-refractivity contribution in [3.05, 3.63) is 167 Å². The third kappa shape index (κ3) is 6.36. The maximum atomic E-state index is 6.71. The number of ether oxygens (including phenoxy) is 2. The van der Waals surface area contributed by atoms with E-state index in [1.807, 2.05) is 84.9 Å². The number of fused-ring (bicyclic) bond motifs is 2. The van der Waals surface area contributed by atoms with Gasteiger partial charge in [-0.25, -0.2) is 0 Å². The fraction of sp³-hybridized carbons (Fsp3) is 0.122. The lowest BCUT2D eigenvalue weighted by Gasteiger charge is -2.20. The highest BCUT2D eigenvalue weighted by Crippen LogP contribution is 2.37. The summed E-state index contributed by atoms with van der Waals surface area (Å²) >= 11 is 0. The van der Waals surface area contributed by atoms with Crippen LogP contribution in [0.4, 0.5) is 0 Å². The van der Waals surface area contributed by atoms with E-state index in [1.165, 1.54) is 0 Å². The van der Waals surface area contributed by atoms with E-state index in [0.717, 1.165) is 78.3 Å². The van der Waals surface area contributed by atoms with Crippen LogP contribution in [0.3, 0.4) is 0 Å². The minimum Gasteiger partial charge on any atom is -0.486 e. The van der Waals surface area contributed by atoms with Gasteiger partial charge in [-0.05, 0) is 72.5 Å². The summed E-state index contributed by atoms with van der Waals surface area (Å²) in [7, 11) is 0. The average molecular weight is 643 g/mol. The first kappa shape index (κ1) is 30.1. The van der Waals surface area contributed by atoms with Gasteiger partial charge < -0.3 is 9.47 Å². The lowest BCUT2D eigenvalue weighted by molar-refractivity contribution is 0.297. The van der Waals surface area contributed by atoms with Crippen molar-refractivity contribution in [1.29, 1.82) is 0 Å². The molecule has 0 aliphatic carbocycles. The van der Waals surface area contributed by atoms with E-state index >= 15 is 0 Å². The van der Waals surface area contributed by atoms with Crippen LogP contribution in [0, 0.1) is 13.8 Å². The Hall–Kier alpha value is -6.28. The second-order valence-electron chi connectivity index (χ2n) is 12.2. The van der Waals surface area contributed by atoms with Crippen molar-refractivity contribution >= 4 is 22.1 Å². The van der Waals surface area contributed by atoms with Crippen LogP contribution in [0.25, 0.3) is 33.4 Å². The molecule has 49 heavy (non-hydrogen) atoms. The van der Waals surface area contributed by atoms with Crippen molar-refractivity contribution < 1.29 is 9.47 Å². The standard InChI is InChI=1S/C41H34N6O2/c1-28-21-32(40(48-26-30-13-5-3-6-14-30)38(23-28)46-42-34-17-9-10-18-35(34)43-46)25-33-22-29(2)24-39(41(33)49-27-31-15-7-4-8-16-31)47-44-36-19-11-12-20-37(36)45-47/h3-24H,25-27H2,1-2H3. The molecule has 0 radical (unpaired) electrons. The van der Waals surface area contributed by atoms with E-state index in [4.69, 9.17) is 29.9 Å². The quantitative estimate of drug-likeness (QED) is 0.149. The monoisotopic (exact) mass is 642 g/mol. The molecule has 0 saturated carbocycles. The Kier molecular flexibility index (Phi) is 8.03. The van der Waals surface area contributed by atoms with Gasteiger partial charge in [0.2, 0.25) is 0 Å². The average Bonchev–Trinajstić information content (AvgIpc) is 3.76. The number of hydrogen-bond acceptors (Lipinski definition) is 6. The highest BCUT2D eigenvalue weighted by Gasteiger charge is 2.21. The number of aryl methyl sites for hydroxylation is 2. The van der Waals surface area contributed by atoms with Crippen LogP contribution < -0.4 is 9.47 Å². The zero-order valence-electron chi connectivity index (χ0n) is 27.3. The summed E-state index contributed by atoms with van der Waals surface area (Å²) in [6.07, 6.45) is 0.527. The van der Waals surface area contributed by atoms with Crippen LogP contribution >= 0.6 is 0 Å². The molecule has 0 amide bonds. The Balaban J connectivity index is 1.27. The molecule has 240 valence electrons. The van der Waals surface area contributed by atoms with Crippen molar-refractivity contribution in [2.45, 2.75) is 33.5 Å². The maximum absolute atomic E-state index is 6.71. The highest BCUT2D eigenvalue weighted by atomic mass is 16.5. The van der Waals surface area contributed by atoms with Crippen LogP contribution in [0.1, 0.15) is 33.4 Å². The van der Waals surface area contributed by atoms with E-state index in [9.17, 15) is 0 Å². The second-order valence-corrected chi connectivity index (χ2v) is 12.2. The highest BCUT2D eigenvalue weighted by molar-refractivity contribution is 5.75. The van der Waals surface area contributed by atoms with Crippen molar-refractivity contribution in [3.63, 3.8) is 0 Å². The Labute approximate surface area is 284 Å². The van der Waals surface area contributed by atoms with Crippen LogP contribution in [-0.4, -0.2) is 30.0 Å². The topological polar surface area (TPSA) is 79.9 Å². The van der Waals surface area contributed by atoms with E-state index in [0.29, 0.717) is 19.6 Å². The van der Waals surface area contributed by atoms with Gasteiger partial charge in [-0.1, -0.05) is 97.1 Å². The van der Waals surface area contributed by atoms with Crippen LogP contribution in [0.15, 0.2) is 133 Å². The minimum atomic E-state index is 0.394. The van der Waals surface area contributed by atoms with Crippen molar-refractivity contribution in [1.82, 2.24) is 30.0 Å². The van der Waals surface area contributed by atoms with Crippen molar-refractivity contribution in [3.8, 4) is 22.9 Å². The normalized spacial score (nSPS) is 11.3. The largest absolute Gasteiger partial charge is 0.486 e. The number of benzene rings is 6. The molecule has 0 atom stereocenters. The Morgan fingerprint density at radius 1 is 0.449 bits per heavy atom. The van der Waals surface area contributed by atoms with Gasteiger partial charge >= 0.3 is 0 Å². The number of rotatable bonds is 10. The van der Waals surface area contributed by atoms with Gasteiger partial charge in [-0.15, -0.1) is 30.0 Å². The summed E-state index contributed by atoms with van der Waals surface area (Å²) in [4.78, 5) is 3.38. The SMILES string of the molecule is Cc1cc(Cc2cc(C)cc(-n3nc4ccccc4n3)c2OCc2ccccc2)c(OCc2ccccc2)c(-n2nc3ccccc3n2)c1. The second kappa shape index (κ2) is 13.1. The Bertz CT molecular complexity index is 2160. The summed E-state index contributed by atoms with van der Waals surface area (Å²) in [5.41, 5.74) is 11.1. The zero-order chi connectivity index (χ0) is 33.2. The Morgan fingerprint density at radius 3 is 1.16 bits per heavy atom. The van der Waals surface area contributed by atoms with Crippen LogP contribution in [0.5, 0.6) is 11.5 Å². The molecule has 0 aliphatic rings. The van der Waals surface area contributed by atoms with E-state index in [1.54, 1.807) is 9.59 Å². The molecule has 0 N–H and O–H groups in total. The summed E-state index contributed by atoms with van der Waals surface area (Å²) in [5, 5.41) is 19.4. The van der Waals surface area contributed by atoms with Crippen molar-refractivity contribution in [2.24, 2.45) is 0 Å². The van der Waals surface area contributed by atoms with E-state index in [-0.39, 0.29) is 0 Å². The third-order valence-corrected chi connectivity index (χ3v) is 8.42. The molecule has 0 aliphatic heterocycles. The van der Waals surface area contributed by atoms with Gasteiger partial charge in [0.1, 0.15) is 46.7 Å². The number of aromatic nitrogens is 6. The molecule has 8 nitrogen and oxygen atoms in total. The fourth-order valence-electron chi connectivity index (χ4n) is 6.15. The molecule has 8 heteroatoms. The van der Waals surface area contributed by atoms with Gasteiger partial charge in [0.15, 0.2) is 11.5 Å². The minimum absolute atomic E-state index is 0.394. The molecule has 8 rings (SSSR count). The van der Waals surface area contributed by atoms with Gasteiger partial charge in [-0.3, -0.25) is 0 Å². The molecule has 2 aromatic heterocycles. The predicted octanol–water partition coefficient (Wildman–Crippen LogP) is 8.52. The van der Waals surface area contributed by atoms with Crippen LogP contribution in [-0.2, 0) is 19.6 Å². The zero-order valence-corrected chi connectivity index (χ0v) is 27.3. The first-order valence-electron chi connectivity index (χ1n) is 16.3. The first-order chi connectivity index (χ1) is 24.1. The molecule has 0 unspecified atom stereocenters. The molecule has 0 bridgehead atoms. The Morgan fingerprint density at radius 2 is 0.796 bits per heavy atom. The van der Waals surface area contributed by atoms with Crippen LogP contribution in [0.2, 0.25) is 0 Å². The lowest BCUT2D eigenvalue weighted by atomic mass is 9.98. The smallest absolute Gasteiger partial charge is 0.150 e. The van der Waals surface area contributed by atoms with E-state index < -0.39 is 0 Å². The number of hydrogen-bond donors (Lipinski definition) is 0.